The molecule has 4 nitrogen and oxygen atoms in total. The van der Waals surface area contributed by atoms with E-state index in [1.165, 1.54) is 6.92 Å². The van der Waals surface area contributed by atoms with Crippen LogP contribution in [0.15, 0.2) is 0 Å². The zero-order valence-electron chi connectivity index (χ0n) is 10.6. The molecule has 0 spiro atoms. The molecule has 4 heteroatoms. The third-order valence-electron chi connectivity index (χ3n) is 2.98. The smallest absolute Gasteiger partial charge is 0.302 e. The molecule has 1 rings (SSSR count). The summed E-state index contributed by atoms with van der Waals surface area (Å²) >= 11 is 0. The van der Waals surface area contributed by atoms with Crippen molar-refractivity contribution >= 4 is 5.97 Å². The first-order valence-electron chi connectivity index (χ1n) is 6.10. The fourth-order valence-corrected chi connectivity index (χ4v) is 2.14. The highest BCUT2D eigenvalue weighted by molar-refractivity contribution is 5.66. The number of nitrogens with zero attached hydrogens (tertiary/aromatic N) is 1. The van der Waals surface area contributed by atoms with Gasteiger partial charge < -0.3 is 14.4 Å². The van der Waals surface area contributed by atoms with Crippen LogP contribution in [0.1, 0.15) is 27.2 Å². The summed E-state index contributed by atoms with van der Waals surface area (Å²) in [6.07, 6.45) is 1.04. The SMILES string of the molecule is CCOCCN1CC[C@H](OC(C)=O)[C@H](C)C1. The Bertz CT molecular complexity index is 220. The molecule has 2 atom stereocenters. The quantitative estimate of drug-likeness (QED) is 0.526. The molecule has 0 aromatic rings. The van der Waals surface area contributed by atoms with Crippen LogP contribution in [0.2, 0.25) is 0 Å². The fraction of sp³-hybridized carbons (Fsp3) is 0.917. The number of ether oxygens (including phenoxy) is 2. The van der Waals surface area contributed by atoms with Gasteiger partial charge in [-0.05, 0) is 13.3 Å². The standard InChI is InChI=1S/C12H23NO3/c1-4-15-8-7-13-6-5-12(10(2)9-13)16-11(3)14/h10,12H,4-9H2,1-3H3/t10-,12+/m1/s1. The molecule has 1 fully saturated rings. The molecule has 0 aromatic heterocycles. The van der Waals surface area contributed by atoms with Crippen molar-refractivity contribution in [3.8, 4) is 0 Å². The molecule has 0 N–H and O–H groups in total. The number of esters is 1. The van der Waals surface area contributed by atoms with E-state index in [-0.39, 0.29) is 12.1 Å². The van der Waals surface area contributed by atoms with E-state index in [1.54, 1.807) is 0 Å². The van der Waals surface area contributed by atoms with Gasteiger partial charge in [-0.1, -0.05) is 6.92 Å². The molecule has 1 aliphatic heterocycles. The molecule has 0 radical (unpaired) electrons. The third-order valence-corrected chi connectivity index (χ3v) is 2.98. The second-order valence-corrected chi connectivity index (χ2v) is 4.41. The van der Waals surface area contributed by atoms with Crippen molar-refractivity contribution in [3.05, 3.63) is 0 Å². The predicted octanol–water partition coefficient (Wildman–Crippen LogP) is 1.30. The molecule has 0 saturated carbocycles. The third kappa shape index (κ3) is 4.49. The first-order valence-corrected chi connectivity index (χ1v) is 6.10. The minimum absolute atomic E-state index is 0.0980. The van der Waals surface area contributed by atoms with Gasteiger partial charge in [0.15, 0.2) is 0 Å². The number of rotatable bonds is 5. The summed E-state index contributed by atoms with van der Waals surface area (Å²) in [4.78, 5) is 13.3. The monoisotopic (exact) mass is 229 g/mol. The van der Waals surface area contributed by atoms with Gasteiger partial charge in [0.05, 0.1) is 6.61 Å². The molecule has 1 saturated heterocycles. The molecule has 0 amide bonds. The highest BCUT2D eigenvalue weighted by Gasteiger charge is 2.27. The summed E-state index contributed by atoms with van der Waals surface area (Å²) in [5, 5.41) is 0. The summed E-state index contributed by atoms with van der Waals surface area (Å²) in [5.41, 5.74) is 0. The van der Waals surface area contributed by atoms with Gasteiger partial charge in [0.1, 0.15) is 6.10 Å². The van der Waals surface area contributed by atoms with Gasteiger partial charge in [0, 0.05) is 39.1 Å². The number of piperidine rings is 1. The number of hydrogen-bond donors (Lipinski definition) is 0. The molecule has 0 bridgehead atoms. The Morgan fingerprint density at radius 2 is 2.25 bits per heavy atom. The number of likely N-dealkylation sites (tertiary alicyclic amines) is 1. The van der Waals surface area contributed by atoms with Crippen LogP contribution in [0.3, 0.4) is 0 Å². The molecule has 0 aromatic carbocycles. The maximum atomic E-state index is 10.9. The van der Waals surface area contributed by atoms with E-state index >= 15 is 0 Å². The highest BCUT2D eigenvalue weighted by Crippen LogP contribution is 2.19. The molecule has 1 aliphatic rings. The van der Waals surface area contributed by atoms with E-state index in [1.807, 2.05) is 6.92 Å². The van der Waals surface area contributed by atoms with Gasteiger partial charge in [-0.25, -0.2) is 0 Å². The lowest BCUT2D eigenvalue weighted by atomic mass is 9.96. The van der Waals surface area contributed by atoms with Gasteiger partial charge in [-0.15, -0.1) is 0 Å². The minimum atomic E-state index is -0.167. The van der Waals surface area contributed by atoms with E-state index in [0.29, 0.717) is 5.92 Å². The Hall–Kier alpha value is -0.610. The van der Waals surface area contributed by atoms with Gasteiger partial charge in [-0.3, -0.25) is 4.79 Å². The largest absolute Gasteiger partial charge is 0.462 e. The zero-order valence-corrected chi connectivity index (χ0v) is 10.6. The molecular weight excluding hydrogens is 206 g/mol. The fourth-order valence-electron chi connectivity index (χ4n) is 2.14. The van der Waals surface area contributed by atoms with Gasteiger partial charge in [0.2, 0.25) is 0 Å². The van der Waals surface area contributed by atoms with Crippen molar-refractivity contribution in [1.29, 1.82) is 0 Å². The van der Waals surface area contributed by atoms with E-state index in [0.717, 1.165) is 39.3 Å². The van der Waals surface area contributed by atoms with E-state index in [9.17, 15) is 4.79 Å². The van der Waals surface area contributed by atoms with Crippen molar-refractivity contribution in [2.45, 2.75) is 33.3 Å². The van der Waals surface area contributed by atoms with Gasteiger partial charge in [-0.2, -0.15) is 0 Å². The van der Waals surface area contributed by atoms with Crippen molar-refractivity contribution in [3.63, 3.8) is 0 Å². The van der Waals surface area contributed by atoms with Gasteiger partial charge in [0.25, 0.3) is 0 Å². The predicted molar refractivity (Wildman–Crippen MR) is 62.3 cm³/mol. The van der Waals surface area contributed by atoms with Crippen LogP contribution in [-0.4, -0.2) is 49.8 Å². The van der Waals surface area contributed by atoms with Crippen LogP contribution < -0.4 is 0 Å². The first kappa shape index (κ1) is 13.5. The lowest BCUT2D eigenvalue weighted by Gasteiger charge is -2.36. The Balaban J connectivity index is 2.25. The van der Waals surface area contributed by atoms with Crippen LogP contribution in [0.4, 0.5) is 0 Å². The Kier molecular flexibility index (Phi) is 5.77. The summed E-state index contributed by atoms with van der Waals surface area (Å²) < 4.78 is 10.6. The summed E-state index contributed by atoms with van der Waals surface area (Å²) in [6.45, 7) is 10.2. The maximum Gasteiger partial charge on any atom is 0.302 e. The highest BCUT2D eigenvalue weighted by atomic mass is 16.5. The topological polar surface area (TPSA) is 38.8 Å². The minimum Gasteiger partial charge on any atom is -0.462 e. The van der Waals surface area contributed by atoms with Crippen LogP contribution >= 0.6 is 0 Å². The van der Waals surface area contributed by atoms with Crippen LogP contribution in [0.5, 0.6) is 0 Å². The van der Waals surface area contributed by atoms with Crippen LogP contribution in [0.25, 0.3) is 0 Å². The summed E-state index contributed by atoms with van der Waals surface area (Å²) in [6, 6.07) is 0. The molecule has 0 unspecified atom stereocenters. The van der Waals surface area contributed by atoms with Gasteiger partial charge >= 0.3 is 5.97 Å². The average Bonchev–Trinajstić information content (AvgIpc) is 2.22. The average molecular weight is 229 g/mol. The van der Waals surface area contributed by atoms with E-state index in [2.05, 4.69) is 11.8 Å². The lowest BCUT2D eigenvalue weighted by Crippen LogP contribution is -2.44. The second-order valence-electron chi connectivity index (χ2n) is 4.41. The normalized spacial score (nSPS) is 26.7. The Morgan fingerprint density at radius 3 is 2.81 bits per heavy atom. The molecule has 16 heavy (non-hydrogen) atoms. The number of hydrogen-bond acceptors (Lipinski definition) is 4. The maximum absolute atomic E-state index is 10.9. The van der Waals surface area contributed by atoms with Crippen molar-refractivity contribution in [1.82, 2.24) is 4.90 Å². The molecular formula is C12H23NO3. The molecule has 0 aliphatic carbocycles. The van der Waals surface area contributed by atoms with Crippen molar-refractivity contribution in [2.75, 3.05) is 32.8 Å². The molecule has 1 heterocycles. The van der Waals surface area contributed by atoms with Crippen LogP contribution in [0, 0.1) is 5.92 Å². The van der Waals surface area contributed by atoms with Crippen molar-refractivity contribution < 1.29 is 14.3 Å². The first-order chi connectivity index (χ1) is 7.63. The van der Waals surface area contributed by atoms with Crippen LogP contribution in [-0.2, 0) is 14.3 Å². The Labute approximate surface area is 97.9 Å². The lowest BCUT2D eigenvalue weighted by molar-refractivity contribution is -0.151. The van der Waals surface area contributed by atoms with E-state index < -0.39 is 0 Å². The number of carbonyl (C=O) groups is 1. The second kappa shape index (κ2) is 6.86. The Morgan fingerprint density at radius 1 is 1.50 bits per heavy atom. The van der Waals surface area contributed by atoms with E-state index in [4.69, 9.17) is 9.47 Å². The number of carbonyl (C=O) groups excluding carboxylic acids is 1. The zero-order chi connectivity index (χ0) is 12.0. The van der Waals surface area contributed by atoms with Crippen molar-refractivity contribution in [2.24, 2.45) is 5.92 Å². The molecule has 94 valence electrons. The summed E-state index contributed by atoms with van der Waals surface area (Å²) in [5.74, 6) is 0.249. The summed E-state index contributed by atoms with van der Waals surface area (Å²) in [7, 11) is 0.